The lowest BCUT2D eigenvalue weighted by Crippen LogP contribution is -2.31. The third-order valence-corrected chi connectivity index (χ3v) is 5.65. The van der Waals surface area contributed by atoms with Gasteiger partial charge in [0.2, 0.25) is 0 Å². The van der Waals surface area contributed by atoms with Gasteiger partial charge in [0.15, 0.2) is 0 Å². The van der Waals surface area contributed by atoms with Crippen molar-refractivity contribution in [3.63, 3.8) is 0 Å². The van der Waals surface area contributed by atoms with Gasteiger partial charge < -0.3 is 10.2 Å². The summed E-state index contributed by atoms with van der Waals surface area (Å²) >= 11 is 0. The molecule has 2 heterocycles. The van der Waals surface area contributed by atoms with Crippen LogP contribution in [-0.2, 0) is 6.54 Å². The van der Waals surface area contributed by atoms with Crippen molar-refractivity contribution in [3.8, 4) is 11.1 Å². The smallest absolute Gasteiger partial charge is 0.251 e. The molecule has 5 nitrogen and oxygen atoms in total. The van der Waals surface area contributed by atoms with Crippen LogP contribution < -0.4 is 10.2 Å². The number of benzene rings is 2. The highest BCUT2D eigenvalue weighted by Gasteiger charge is 2.23. The van der Waals surface area contributed by atoms with Gasteiger partial charge in [-0.3, -0.25) is 9.48 Å². The maximum atomic E-state index is 12.7. The van der Waals surface area contributed by atoms with E-state index in [1.165, 1.54) is 11.3 Å². The van der Waals surface area contributed by atoms with Crippen molar-refractivity contribution in [2.75, 3.05) is 24.5 Å². The molecule has 1 saturated heterocycles. The summed E-state index contributed by atoms with van der Waals surface area (Å²) in [4.78, 5) is 15.1. The first kappa shape index (κ1) is 19.2. The number of aromatic nitrogens is 2. The molecular weight excluding hydrogens is 360 g/mol. The standard InChI is InChI=1S/C24H28N4O/c1-3-28-17-22(15-26-28)20-5-4-6-21(13-20)24(29)25-14-19-11-12-27(16-19)23-9-7-18(2)8-10-23/h4-10,13,15,17,19H,3,11-12,14,16H2,1-2H3,(H,25,29)/t19-/m0/s1. The first-order valence-corrected chi connectivity index (χ1v) is 10.3. The molecule has 4 rings (SSSR count). The number of anilines is 1. The summed E-state index contributed by atoms with van der Waals surface area (Å²) in [5, 5.41) is 7.45. The fraction of sp³-hybridized carbons (Fsp3) is 0.333. The van der Waals surface area contributed by atoms with Gasteiger partial charge in [-0.25, -0.2) is 0 Å². The number of amides is 1. The zero-order chi connectivity index (χ0) is 20.2. The lowest BCUT2D eigenvalue weighted by molar-refractivity contribution is 0.0948. The summed E-state index contributed by atoms with van der Waals surface area (Å²) in [5.41, 5.74) is 5.29. The van der Waals surface area contributed by atoms with Crippen LogP contribution in [-0.4, -0.2) is 35.3 Å². The highest BCUT2D eigenvalue weighted by molar-refractivity contribution is 5.95. The van der Waals surface area contributed by atoms with Crippen molar-refractivity contribution in [2.45, 2.75) is 26.8 Å². The van der Waals surface area contributed by atoms with E-state index in [1.807, 2.05) is 41.3 Å². The van der Waals surface area contributed by atoms with Crippen molar-refractivity contribution in [2.24, 2.45) is 5.92 Å². The third kappa shape index (κ3) is 4.50. The second-order valence-electron chi connectivity index (χ2n) is 7.81. The first-order valence-electron chi connectivity index (χ1n) is 10.3. The lowest BCUT2D eigenvalue weighted by Gasteiger charge is -2.19. The van der Waals surface area contributed by atoms with Crippen LogP contribution in [0.1, 0.15) is 29.3 Å². The minimum Gasteiger partial charge on any atom is -0.371 e. The zero-order valence-corrected chi connectivity index (χ0v) is 17.1. The minimum absolute atomic E-state index is 0.0106. The summed E-state index contributed by atoms with van der Waals surface area (Å²) in [6, 6.07) is 16.4. The summed E-state index contributed by atoms with van der Waals surface area (Å²) < 4.78 is 1.89. The predicted molar refractivity (Wildman–Crippen MR) is 117 cm³/mol. The molecule has 1 N–H and O–H groups in total. The minimum atomic E-state index is -0.0106. The highest BCUT2D eigenvalue weighted by atomic mass is 16.1. The number of hydrogen-bond acceptors (Lipinski definition) is 3. The first-order chi connectivity index (χ1) is 14.1. The number of nitrogens with one attached hydrogen (secondary N) is 1. The maximum Gasteiger partial charge on any atom is 0.251 e. The summed E-state index contributed by atoms with van der Waals surface area (Å²) in [5.74, 6) is 0.467. The summed E-state index contributed by atoms with van der Waals surface area (Å²) in [6.07, 6.45) is 4.96. The van der Waals surface area contributed by atoms with Crippen molar-refractivity contribution in [3.05, 3.63) is 72.1 Å². The van der Waals surface area contributed by atoms with Gasteiger partial charge in [0.25, 0.3) is 5.91 Å². The number of nitrogens with zero attached hydrogens (tertiary/aromatic N) is 3. The number of rotatable bonds is 6. The third-order valence-electron chi connectivity index (χ3n) is 5.65. The molecule has 29 heavy (non-hydrogen) atoms. The van der Waals surface area contributed by atoms with Crippen LogP contribution in [0.15, 0.2) is 60.9 Å². The van der Waals surface area contributed by atoms with Gasteiger partial charge in [-0.1, -0.05) is 29.8 Å². The van der Waals surface area contributed by atoms with Crippen LogP contribution in [0.3, 0.4) is 0 Å². The monoisotopic (exact) mass is 388 g/mol. The average Bonchev–Trinajstić information content (AvgIpc) is 3.42. The van der Waals surface area contributed by atoms with E-state index >= 15 is 0 Å². The van der Waals surface area contributed by atoms with Crippen LogP contribution >= 0.6 is 0 Å². The Labute approximate surface area is 172 Å². The topological polar surface area (TPSA) is 50.2 Å². The molecule has 1 aliphatic heterocycles. The lowest BCUT2D eigenvalue weighted by atomic mass is 10.1. The number of carbonyl (C=O) groups is 1. The van der Waals surface area contributed by atoms with E-state index in [-0.39, 0.29) is 5.91 Å². The molecule has 1 aromatic heterocycles. The van der Waals surface area contributed by atoms with E-state index in [1.54, 1.807) is 0 Å². The Bertz CT molecular complexity index is 977. The van der Waals surface area contributed by atoms with Gasteiger partial charge in [-0.2, -0.15) is 5.10 Å². The Kier molecular flexibility index (Phi) is 5.65. The van der Waals surface area contributed by atoms with Crippen LogP contribution in [0.5, 0.6) is 0 Å². The Morgan fingerprint density at radius 2 is 2.00 bits per heavy atom. The molecular formula is C24H28N4O. The van der Waals surface area contributed by atoms with E-state index in [9.17, 15) is 4.79 Å². The largest absolute Gasteiger partial charge is 0.371 e. The Hall–Kier alpha value is -3.08. The van der Waals surface area contributed by atoms with Crippen LogP contribution in [0.2, 0.25) is 0 Å². The molecule has 0 saturated carbocycles. The molecule has 0 aliphatic carbocycles. The molecule has 1 fully saturated rings. The maximum absolute atomic E-state index is 12.7. The van der Waals surface area contributed by atoms with Crippen LogP contribution in [0.4, 0.5) is 5.69 Å². The molecule has 1 atom stereocenters. The van der Waals surface area contributed by atoms with E-state index < -0.39 is 0 Å². The van der Waals surface area contributed by atoms with E-state index in [2.05, 4.69) is 53.4 Å². The predicted octanol–water partition coefficient (Wildman–Crippen LogP) is 4.13. The molecule has 1 aliphatic rings. The van der Waals surface area contributed by atoms with Gasteiger partial charge in [0.1, 0.15) is 0 Å². The Morgan fingerprint density at radius 1 is 1.17 bits per heavy atom. The van der Waals surface area contributed by atoms with Crippen molar-refractivity contribution >= 4 is 11.6 Å². The molecule has 5 heteroatoms. The van der Waals surface area contributed by atoms with E-state index in [0.29, 0.717) is 18.0 Å². The Balaban J connectivity index is 1.34. The van der Waals surface area contributed by atoms with Crippen molar-refractivity contribution in [1.82, 2.24) is 15.1 Å². The van der Waals surface area contributed by atoms with Gasteiger partial charge in [0, 0.05) is 49.2 Å². The second kappa shape index (κ2) is 8.52. The zero-order valence-electron chi connectivity index (χ0n) is 17.1. The fourth-order valence-electron chi connectivity index (χ4n) is 3.85. The number of aryl methyl sites for hydroxylation is 2. The van der Waals surface area contributed by atoms with Gasteiger partial charge in [0.05, 0.1) is 6.20 Å². The number of hydrogen-bond donors (Lipinski definition) is 1. The Morgan fingerprint density at radius 3 is 2.76 bits per heavy atom. The molecule has 1 amide bonds. The van der Waals surface area contributed by atoms with Gasteiger partial charge >= 0.3 is 0 Å². The highest BCUT2D eigenvalue weighted by Crippen LogP contribution is 2.24. The van der Waals surface area contributed by atoms with Crippen molar-refractivity contribution in [1.29, 1.82) is 0 Å². The normalized spacial score (nSPS) is 16.2. The summed E-state index contributed by atoms with van der Waals surface area (Å²) in [6.45, 7) is 7.74. The molecule has 0 radical (unpaired) electrons. The molecule has 2 aromatic carbocycles. The number of carbonyl (C=O) groups excluding carboxylic acids is 1. The summed E-state index contributed by atoms with van der Waals surface area (Å²) in [7, 11) is 0. The van der Waals surface area contributed by atoms with E-state index in [0.717, 1.165) is 37.2 Å². The quantitative estimate of drug-likeness (QED) is 0.691. The van der Waals surface area contributed by atoms with Crippen molar-refractivity contribution < 1.29 is 4.79 Å². The molecule has 0 unspecified atom stereocenters. The second-order valence-corrected chi connectivity index (χ2v) is 7.81. The van der Waals surface area contributed by atoms with Crippen LogP contribution in [0.25, 0.3) is 11.1 Å². The van der Waals surface area contributed by atoms with Crippen LogP contribution in [0, 0.1) is 12.8 Å². The molecule has 150 valence electrons. The fourth-order valence-corrected chi connectivity index (χ4v) is 3.85. The van der Waals surface area contributed by atoms with Gasteiger partial charge in [-0.05, 0) is 56.0 Å². The molecule has 0 spiro atoms. The van der Waals surface area contributed by atoms with E-state index in [4.69, 9.17) is 0 Å². The van der Waals surface area contributed by atoms with Gasteiger partial charge in [-0.15, -0.1) is 0 Å². The SMILES string of the molecule is CCn1cc(-c2cccc(C(=O)NC[C@@H]3CCN(c4ccc(C)cc4)C3)c2)cn1. The molecule has 3 aromatic rings. The average molecular weight is 389 g/mol. The molecule has 0 bridgehead atoms.